The third-order valence-corrected chi connectivity index (χ3v) is 4.31. The molecular weight excluding hydrogens is 296 g/mol. The maximum absolute atomic E-state index is 12.6. The Morgan fingerprint density at radius 2 is 1.83 bits per heavy atom. The molecule has 0 saturated heterocycles. The van der Waals surface area contributed by atoms with Crippen LogP contribution < -0.4 is 16.3 Å². The van der Waals surface area contributed by atoms with Gasteiger partial charge in [-0.15, -0.1) is 0 Å². The molecule has 0 bridgehead atoms. The van der Waals surface area contributed by atoms with Gasteiger partial charge >= 0.3 is 5.69 Å². The lowest BCUT2D eigenvalue weighted by atomic mass is 10.2. The van der Waals surface area contributed by atoms with E-state index >= 15 is 0 Å². The third-order valence-electron chi connectivity index (χ3n) is 4.31. The summed E-state index contributed by atoms with van der Waals surface area (Å²) in [7, 11) is 3.12. The molecule has 1 aliphatic heterocycles. The van der Waals surface area contributed by atoms with Gasteiger partial charge in [0.2, 0.25) is 5.95 Å². The predicted molar refractivity (Wildman–Crippen MR) is 90.2 cm³/mol. The molecule has 1 atom stereocenters. The van der Waals surface area contributed by atoms with Gasteiger partial charge in [-0.2, -0.15) is 10.1 Å². The molecule has 2 aromatic heterocycles. The Morgan fingerprint density at radius 1 is 1.17 bits per heavy atom. The molecule has 0 fully saturated rings. The zero-order valence-electron chi connectivity index (χ0n) is 14.4. The zero-order chi connectivity index (χ0) is 17.0. The minimum Gasteiger partial charge on any atom is -0.294 e. The van der Waals surface area contributed by atoms with Crippen molar-refractivity contribution in [3.05, 3.63) is 20.8 Å². The van der Waals surface area contributed by atoms with Crippen LogP contribution in [0.15, 0.2) is 14.7 Å². The molecule has 2 aromatic rings. The van der Waals surface area contributed by atoms with Crippen molar-refractivity contribution in [3.63, 3.8) is 0 Å². The summed E-state index contributed by atoms with van der Waals surface area (Å²) in [6.07, 6.45) is 0. The second kappa shape index (κ2) is 5.07. The molecule has 0 spiro atoms. The van der Waals surface area contributed by atoms with Crippen LogP contribution in [-0.2, 0) is 14.1 Å². The first-order chi connectivity index (χ1) is 10.7. The molecule has 0 unspecified atom stereocenters. The molecule has 3 rings (SSSR count). The van der Waals surface area contributed by atoms with Crippen molar-refractivity contribution in [2.75, 3.05) is 11.6 Å². The molecule has 8 heteroatoms. The topological polar surface area (TPSA) is 77.4 Å². The van der Waals surface area contributed by atoms with Gasteiger partial charge in [0.1, 0.15) is 0 Å². The standard InChI is InChI=1S/C15H22N6O2/c1-8(2)7-20-14-16-12-11(21(14)10(4)9(3)17-20)13(22)19(6)15(23)18(12)5/h8,10H,7H2,1-6H3/t10-/m0/s1. The smallest absolute Gasteiger partial charge is 0.294 e. The summed E-state index contributed by atoms with van der Waals surface area (Å²) >= 11 is 0. The lowest BCUT2D eigenvalue weighted by Gasteiger charge is -2.30. The molecule has 124 valence electrons. The molecule has 0 saturated carbocycles. The Kier molecular flexibility index (Phi) is 3.42. The summed E-state index contributed by atoms with van der Waals surface area (Å²) in [5, 5.41) is 6.44. The van der Waals surface area contributed by atoms with Gasteiger partial charge in [-0.05, 0) is 19.8 Å². The predicted octanol–water partition coefficient (Wildman–Crippen LogP) is 0.847. The number of aromatic nitrogens is 4. The zero-order valence-corrected chi connectivity index (χ0v) is 14.4. The molecule has 0 aromatic carbocycles. The number of rotatable bonds is 2. The number of hydrogen-bond acceptors (Lipinski definition) is 5. The number of anilines is 1. The van der Waals surface area contributed by atoms with Crippen LogP contribution in [0.5, 0.6) is 0 Å². The second-order valence-corrected chi connectivity index (χ2v) is 6.55. The molecule has 0 radical (unpaired) electrons. The highest BCUT2D eigenvalue weighted by molar-refractivity contribution is 5.91. The first kappa shape index (κ1) is 15.5. The van der Waals surface area contributed by atoms with Crippen LogP contribution in [0, 0.1) is 5.92 Å². The molecule has 23 heavy (non-hydrogen) atoms. The van der Waals surface area contributed by atoms with Crippen molar-refractivity contribution in [1.29, 1.82) is 0 Å². The van der Waals surface area contributed by atoms with E-state index in [9.17, 15) is 9.59 Å². The summed E-state index contributed by atoms with van der Waals surface area (Å²) < 4.78 is 4.43. The van der Waals surface area contributed by atoms with E-state index in [1.54, 1.807) is 7.05 Å². The van der Waals surface area contributed by atoms with Crippen molar-refractivity contribution < 1.29 is 0 Å². The normalized spacial score (nSPS) is 17.8. The van der Waals surface area contributed by atoms with Gasteiger partial charge in [0.05, 0.1) is 11.8 Å². The SMILES string of the molecule is CC1=NN(CC(C)C)c2nc3c(c(=O)n(C)c(=O)n3C)n2[C@H]1C. The van der Waals surface area contributed by atoms with Crippen LogP contribution in [0.25, 0.3) is 11.2 Å². The maximum atomic E-state index is 12.6. The number of nitrogens with zero attached hydrogens (tertiary/aromatic N) is 6. The van der Waals surface area contributed by atoms with E-state index in [1.807, 2.05) is 23.4 Å². The van der Waals surface area contributed by atoms with Crippen LogP contribution in [-0.4, -0.2) is 30.9 Å². The largest absolute Gasteiger partial charge is 0.332 e. The van der Waals surface area contributed by atoms with Gasteiger partial charge in [0.15, 0.2) is 11.2 Å². The molecule has 8 nitrogen and oxygen atoms in total. The number of fused-ring (bicyclic) bond motifs is 3. The van der Waals surface area contributed by atoms with Crippen molar-refractivity contribution in [1.82, 2.24) is 18.7 Å². The van der Waals surface area contributed by atoms with Gasteiger partial charge in [-0.1, -0.05) is 13.8 Å². The van der Waals surface area contributed by atoms with Gasteiger partial charge < -0.3 is 0 Å². The molecule has 0 N–H and O–H groups in total. The van der Waals surface area contributed by atoms with Gasteiger partial charge in [0, 0.05) is 20.6 Å². The molecule has 3 heterocycles. The summed E-state index contributed by atoms with van der Waals surface area (Å²) in [5.74, 6) is 1.00. The van der Waals surface area contributed by atoms with Gasteiger partial charge in [-0.3, -0.25) is 18.5 Å². The first-order valence-electron chi connectivity index (χ1n) is 7.74. The highest BCUT2D eigenvalue weighted by Crippen LogP contribution is 2.30. The Bertz CT molecular complexity index is 930. The van der Waals surface area contributed by atoms with Crippen LogP contribution >= 0.6 is 0 Å². The van der Waals surface area contributed by atoms with Crippen LogP contribution in [0.4, 0.5) is 5.95 Å². The van der Waals surface area contributed by atoms with E-state index in [0.29, 0.717) is 29.6 Å². The number of aryl methyl sites for hydroxylation is 1. The Hall–Kier alpha value is -2.38. The average molecular weight is 318 g/mol. The Morgan fingerprint density at radius 3 is 2.43 bits per heavy atom. The lowest BCUT2D eigenvalue weighted by Crippen LogP contribution is -2.38. The van der Waals surface area contributed by atoms with Gasteiger partial charge in [-0.25, -0.2) is 9.80 Å². The fraction of sp³-hybridized carbons (Fsp3) is 0.600. The van der Waals surface area contributed by atoms with Crippen LogP contribution in [0.1, 0.15) is 33.7 Å². The number of imidazole rings is 1. The van der Waals surface area contributed by atoms with Crippen LogP contribution in [0.2, 0.25) is 0 Å². The first-order valence-corrected chi connectivity index (χ1v) is 7.74. The quantitative estimate of drug-likeness (QED) is 0.822. The molecule has 0 aliphatic carbocycles. The van der Waals surface area contributed by atoms with E-state index in [-0.39, 0.29) is 17.3 Å². The highest BCUT2D eigenvalue weighted by atomic mass is 16.2. The van der Waals surface area contributed by atoms with E-state index < -0.39 is 0 Å². The molecular formula is C15H22N6O2. The average Bonchev–Trinajstić information content (AvgIpc) is 2.88. The fourth-order valence-corrected chi connectivity index (χ4v) is 2.93. The fourth-order valence-electron chi connectivity index (χ4n) is 2.93. The van der Waals surface area contributed by atoms with Crippen LogP contribution in [0.3, 0.4) is 0 Å². The number of hydrazone groups is 1. The Labute approximate surface area is 133 Å². The Balaban J connectivity index is 2.41. The monoisotopic (exact) mass is 318 g/mol. The summed E-state index contributed by atoms with van der Waals surface area (Å²) in [6.45, 7) is 8.83. The highest BCUT2D eigenvalue weighted by Gasteiger charge is 2.30. The summed E-state index contributed by atoms with van der Waals surface area (Å²) in [4.78, 5) is 29.4. The van der Waals surface area contributed by atoms with E-state index in [4.69, 9.17) is 0 Å². The summed E-state index contributed by atoms with van der Waals surface area (Å²) in [5.41, 5.74) is 1.05. The minimum atomic E-state index is -0.376. The second-order valence-electron chi connectivity index (χ2n) is 6.55. The van der Waals surface area contributed by atoms with Crippen molar-refractivity contribution in [3.8, 4) is 0 Å². The number of hydrogen-bond donors (Lipinski definition) is 0. The van der Waals surface area contributed by atoms with E-state index in [0.717, 1.165) is 10.3 Å². The summed E-state index contributed by atoms with van der Waals surface area (Å²) in [6, 6.07) is -0.0800. The van der Waals surface area contributed by atoms with Gasteiger partial charge in [0.25, 0.3) is 5.56 Å². The van der Waals surface area contributed by atoms with Crippen molar-refractivity contribution in [2.45, 2.75) is 33.7 Å². The van der Waals surface area contributed by atoms with Crippen molar-refractivity contribution >= 4 is 22.8 Å². The lowest BCUT2D eigenvalue weighted by molar-refractivity contribution is 0.572. The minimum absolute atomic E-state index is 0.0800. The van der Waals surface area contributed by atoms with E-state index in [2.05, 4.69) is 23.9 Å². The van der Waals surface area contributed by atoms with Crippen molar-refractivity contribution in [2.24, 2.45) is 25.1 Å². The molecule has 0 amide bonds. The maximum Gasteiger partial charge on any atom is 0.332 e. The molecule has 1 aliphatic rings. The third kappa shape index (κ3) is 2.12. The van der Waals surface area contributed by atoms with E-state index in [1.165, 1.54) is 11.6 Å².